The molecule has 1 aromatic heterocycles. The standard InChI is InChI=1S/C18H24N4O2/c1-13(2)15-4-6-16(7-5-15)24-11-8-18(23)21-9-10-22-14(3)19-20-17(22)12-21/h4-7,13H,8-12H2,1-3H3. The third kappa shape index (κ3) is 3.58. The maximum Gasteiger partial charge on any atom is 0.226 e. The van der Waals surface area contributed by atoms with Crippen LogP contribution in [0.5, 0.6) is 5.75 Å². The predicted octanol–water partition coefficient (Wildman–Crippen LogP) is 2.52. The molecule has 3 rings (SSSR count). The average Bonchev–Trinajstić information content (AvgIpc) is 2.96. The summed E-state index contributed by atoms with van der Waals surface area (Å²) in [5.74, 6) is 3.18. The van der Waals surface area contributed by atoms with E-state index in [0.717, 1.165) is 23.9 Å². The van der Waals surface area contributed by atoms with Crippen molar-refractivity contribution in [2.75, 3.05) is 13.2 Å². The lowest BCUT2D eigenvalue weighted by Gasteiger charge is -2.27. The highest BCUT2D eigenvalue weighted by Crippen LogP contribution is 2.19. The summed E-state index contributed by atoms with van der Waals surface area (Å²) < 4.78 is 7.76. The van der Waals surface area contributed by atoms with E-state index in [1.165, 1.54) is 5.56 Å². The summed E-state index contributed by atoms with van der Waals surface area (Å²) in [6.07, 6.45) is 0.374. The van der Waals surface area contributed by atoms with Crippen LogP contribution in [0, 0.1) is 6.92 Å². The van der Waals surface area contributed by atoms with E-state index in [9.17, 15) is 4.79 Å². The number of hydrogen-bond acceptors (Lipinski definition) is 4. The van der Waals surface area contributed by atoms with E-state index in [1.54, 1.807) is 0 Å². The van der Waals surface area contributed by atoms with Crippen molar-refractivity contribution >= 4 is 5.91 Å². The predicted molar refractivity (Wildman–Crippen MR) is 90.8 cm³/mol. The molecule has 6 heteroatoms. The van der Waals surface area contributed by atoms with Gasteiger partial charge in [0.2, 0.25) is 5.91 Å². The third-order valence-electron chi connectivity index (χ3n) is 4.42. The van der Waals surface area contributed by atoms with Gasteiger partial charge in [0, 0.05) is 13.1 Å². The van der Waals surface area contributed by atoms with Gasteiger partial charge >= 0.3 is 0 Å². The van der Waals surface area contributed by atoms with E-state index in [0.29, 0.717) is 32.0 Å². The fraction of sp³-hybridized carbons (Fsp3) is 0.500. The first-order valence-corrected chi connectivity index (χ1v) is 8.44. The molecule has 0 fully saturated rings. The molecule has 2 heterocycles. The lowest BCUT2D eigenvalue weighted by Crippen LogP contribution is -2.39. The summed E-state index contributed by atoms with van der Waals surface area (Å²) in [5, 5.41) is 8.19. The molecule has 0 radical (unpaired) electrons. The van der Waals surface area contributed by atoms with Crippen molar-refractivity contribution in [3.63, 3.8) is 0 Å². The zero-order valence-electron chi connectivity index (χ0n) is 14.5. The van der Waals surface area contributed by atoms with Crippen molar-refractivity contribution in [2.45, 2.75) is 46.2 Å². The first-order valence-electron chi connectivity index (χ1n) is 8.44. The summed E-state index contributed by atoms with van der Waals surface area (Å²) in [6, 6.07) is 8.07. The van der Waals surface area contributed by atoms with Crippen molar-refractivity contribution in [3.8, 4) is 5.75 Å². The maximum atomic E-state index is 12.3. The normalized spacial score (nSPS) is 13.9. The Morgan fingerprint density at radius 2 is 1.96 bits per heavy atom. The van der Waals surface area contributed by atoms with Crippen molar-refractivity contribution in [1.29, 1.82) is 0 Å². The highest BCUT2D eigenvalue weighted by Gasteiger charge is 2.23. The minimum atomic E-state index is 0.0979. The Labute approximate surface area is 142 Å². The van der Waals surface area contributed by atoms with Crippen LogP contribution >= 0.6 is 0 Å². The van der Waals surface area contributed by atoms with Gasteiger partial charge in [-0.3, -0.25) is 4.79 Å². The average molecular weight is 328 g/mol. The second-order valence-corrected chi connectivity index (χ2v) is 6.45. The van der Waals surface area contributed by atoms with Gasteiger partial charge < -0.3 is 14.2 Å². The molecule has 0 spiro atoms. The van der Waals surface area contributed by atoms with Gasteiger partial charge in [0.25, 0.3) is 0 Å². The summed E-state index contributed by atoms with van der Waals surface area (Å²) >= 11 is 0. The number of ether oxygens (including phenoxy) is 1. The van der Waals surface area contributed by atoms with Crippen molar-refractivity contribution in [1.82, 2.24) is 19.7 Å². The van der Waals surface area contributed by atoms with Gasteiger partial charge in [-0.05, 0) is 30.5 Å². The minimum absolute atomic E-state index is 0.0979. The molecule has 0 bridgehead atoms. The molecule has 0 saturated carbocycles. The second kappa shape index (κ2) is 7.03. The van der Waals surface area contributed by atoms with Crippen molar-refractivity contribution in [2.24, 2.45) is 0 Å². The molecule has 2 aromatic rings. The molecule has 0 atom stereocenters. The lowest BCUT2D eigenvalue weighted by atomic mass is 10.0. The largest absolute Gasteiger partial charge is 0.493 e. The van der Waals surface area contributed by atoms with Gasteiger partial charge in [0.1, 0.15) is 11.6 Å². The molecule has 0 unspecified atom stereocenters. The third-order valence-corrected chi connectivity index (χ3v) is 4.42. The van der Waals surface area contributed by atoms with E-state index < -0.39 is 0 Å². The zero-order chi connectivity index (χ0) is 17.1. The van der Waals surface area contributed by atoms with Crippen LogP contribution in [0.2, 0.25) is 0 Å². The van der Waals surface area contributed by atoms with Crippen LogP contribution in [0.25, 0.3) is 0 Å². The number of rotatable bonds is 5. The smallest absolute Gasteiger partial charge is 0.226 e. The molecular weight excluding hydrogens is 304 g/mol. The molecule has 0 saturated heterocycles. The summed E-state index contributed by atoms with van der Waals surface area (Å²) in [4.78, 5) is 14.2. The fourth-order valence-corrected chi connectivity index (χ4v) is 2.88. The van der Waals surface area contributed by atoms with Crippen LogP contribution in [0.4, 0.5) is 0 Å². The highest BCUT2D eigenvalue weighted by atomic mass is 16.5. The van der Waals surface area contributed by atoms with Gasteiger partial charge in [0.05, 0.1) is 19.6 Å². The van der Waals surface area contributed by atoms with Gasteiger partial charge in [-0.15, -0.1) is 10.2 Å². The molecule has 24 heavy (non-hydrogen) atoms. The van der Waals surface area contributed by atoms with Crippen molar-refractivity contribution in [3.05, 3.63) is 41.5 Å². The number of hydrogen-bond donors (Lipinski definition) is 0. The molecule has 1 aliphatic rings. The maximum absolute atomic E-state index is 12.3. The fourth-order valence-electron chi connectivity index (χ4n) is 2.88. The molecule has 1 aliphatic heterocycles. The summed E-state index contributed by atoms with van der Waals surface area (Å²) in [6.45, 7) is 8.65. The number of amides is 1. The Morgan fingerprint density at radius 1 is 1.21 bits per heavy atom. The number of aromatic nitrogens is 3. The van der Waals surface area contributed by atoms with E-state index in [4.69, 9.17) is 4.74 Å². The minimum Gasteiger partial charge on any atom is -0.493 e. The quantitative estimate of drug-likeness (QED) is 0.846. The summed E-state index contributed by atoms with van der Waals surface area (Å²) in [7, 11) is 0. The lowest BCUT2D eigenvalue weighted by molar-refractivity contribution is -0.133. The topological polar surface area (TPSA) is 60.2 Å². The number of carbonyl (C=O) groups is 1. The molecule has 0 aliphatic carbocycles. The second-order valence-electron chi connectivity index (χ2n) is 6.45. The van der Waals surface area contributed by atoms with E-state index in [1.807, 2.05) is 24.0 Å². The monoisotopic (exact) mass is 328 g/mol. The number of fused-ring (bicyclic) bond motifs is 1. The highest BCUT2D eigenvalue weighted by molar-refractivity contribution is 5.76. The Bertz CT molecular complexity index is 706. The Kier molecular flexibility index (Phi) is 4.83. The van der Waals surface area contributed by atoms with Crippen LogP contribution in [-0.4, -0.2) is 38.7 Å². The Hall–Kier alpha value is -2.37. The molecule has 0 N–H and O–H groups in total. The van der Waals surface area contributed by atoms with Gasteiger partial charge in [-0.1, -0.05) is 26.0 Å². The molecule has 1 amide bonds. The SMILES string of the molecule is Cc1nnc2n1CCN(C(=O)CCOc1ccc(C(C)C)cc1)C2. The van der Waals surface area contributed by atoms with Crippen LogP contribution in [0.15, 0.2) is 24.3 Å². The van der Waals surface area contributed by atoms with E-state index in [-0.39, 0.29) is 5.91 Å². The Morgan fingerprint density at radius 3 is 2.67 bits per heavy atom. The van der Waals surface area contributed by atoms with Crippen LogP contribution in [0.1, 0.15) is 43.4 Å². The van der Waals surface area contributed by atoms with Crippen LogP contribution < -0.4 is 4.74 Å². The van der Waals surface area contributed by atoms with Crippen LogP contribution in [-0.2, 0) is 17.9 Å². The summed E-state index contributed by atoms with van der Waals surface area (Å²) in [5.41, 5.74) is 1.28. The number of nitrogens with zero attached hydrogens (tertiary/aromatic N) is 4. The van der Waals surface area contributed by atoms with Crippen LogP contribution in [0.3, 0.4) is 0 Å². The van der Waals surface area contributed by atoms with Crippen molar-refractivity contribution < 1.29 is 9.53 Å². The zero-order valence-corrected chi connectivity index (χ0v) is 14.5. The number of benzene rings is 1. The van der Waals surface area contributed by atoms with E-state index in [2.05, 4.69) is 40.7 Å². The van der Waals surface area contributed by atoms with E-state index >= 15 is 0 Å². The molecule has 128 valence electrons. The molecular formula is C18H24N4O2. The first kappa shape index (κ1) is 16.5. The Balaban J connectivity index is 1.48. The first-order chi connectivity index (χ1) is 11.5. The van der Waals surface area contributed by atoms with Gasteiger partial charge in [-0.2, -0.15) is 0 Å². The number of aryl methyl sites for hydroxylation is 1. The molecule has 1 aromatic carbocycles. The molecule has 6 nitrogen and oxygen atoms in total. The number of carbonyl (C=O) groups excluding carboxylic acids is 1. The van der Waals surface area contributed by atoms with Gasteiger partial charge in [-0.25, -0.2) is 0 Å². The van der Waals surface area contributed by atoms with Gasteiger partial charge in [0.15, 0.2) is 5.82 Å².